The van der Waals surface area contributed by atoms with Gasteiger partial charge in [0.1, 0.15) is 17.2 Å². The molecule has 27 heavy (non-hydrogen) atoms. The van der Waals surface area contributed by atoms with Gasteiger partial charge < -0.3 is 5.32 Å². The number of carbonyl (C=O) groups excluding carboxylic acids is 1. The maximum Gasteiger partial charge on any atom is 0.312 e. The van der Waals surface area contributed by atoms with E-state index in [0.29, 0.717) is 29.3 Å². The monoisotopic (exact) mass is 365 g/mol. The van der Waals surface area contributed by atoms with E-state index in [1.54, 1.807) is 55.1 Å². The lowest BCUT2D eigenvalue weighted by Crippen LogP contribution is -2.13. The van der Waals surface area contributed by atoms with E-state index in [0.717, 1.165) is 11.1 Å². The second kappa shape index (κ2) is 7.36. The highest BCUT2D eigenvalue weighted by Gasteiger charge is 2.21. The first kappa shape index (κ1) is 18.2. The smallest absolute Gasteiger partial charge is 0.307 e. The predicted molar refractivity (Wildman–Crippen MR) is 101 cm³/mol. The Labute approximate surface area is 156 Å². The number of pyridine rings is 1. The number of benzene rings is 1. The van der Waals surface area contributed by atoms with Gasteiger partial charge in [-0.3, -0.25) is 19.6 Å². The van der Waals surface area contributed by atoms with Crippen LogP contribution in [-0.2, 0) is 6.54 Å². The number of nitrogens with zero attached hydrogens (tertiary/aromatic N) is 4. The molecule has 1 amide bonds. The largest absolute Gasteiger partial charge is 0.312 e. The summed E-state index contributed by atoms with van der Waals surface area (Å²) in [6.07, 6.45) is 1.64. The van der Waals surface area contributed by atoms with Crippen LogP contribution in [0.1, 0.15) is 32.9 Å². The fourth-order valence-corrected chi connectivity index (χ4v) is 2.83. The lowest BCUT2D eigenvalue weighted by atomic mass is 10.1. The van der Waals surface area contributed by atoms with Gasteiger partial charge in [0.25, 0.3) is 5.91 Å². The summed E-state index contributed by atoms with van der Waals surface area (Å²) in [4.78, 5) is 27.1. The standard InChI is InChI=1S/C19H19N5O3/c1-12-8-9-20-17(10-12)21-19(25)16-6-4-15(5-7-16)11-23-14(3)18(24(26)27)13(2)22-23/h4-10H,11H2,1-3H3,(H,20,21,25). The topological polar surface area (TPSA) is 103 Å². The number of aromatic nitrogens is 3. The Bertz CT molecular complexity index is 1010. The number of hydrogen-bond donors (Lipinski definition) is 1. The van der Waals surface area contributed by atoms with Crippen LogP contribution in [0.4, 0.5) is 11.5 Å². The molecule has 0 atom stereocenters. The van der Waals surface area contributed by atoms with Gasteiger partial charge in [0, 0.05) is 11.8 Å². The molecule has 0 aliphatic rings. The summed E-state index contributed by atoms with van der Waals surface area (Å²) in [6, 6.07) is 10.7. The molecule has 2 heterocycles. The Balaban J connectivity index is 1.73. The number of rotatable bonds is 5. The van der Waals surface area contributed by atoms with Gasteiger partial charge in [-0.05, 0) is 56.2 Å². The first-order valence-corrected chi connectivity index (χ1v) is 8.36. The van der Waals surface area contributed by atoms with Gasteiger partial charge in [-0.2, -0.15) is 5.10 Å². The van der Waals surface area contributed by atoms with E-state index in [1.165, 1.54) is 0 Å². The molecule has 0 unspecified atom stereocenters. The molecule has 1 aromatic carbocycles. The molecule has 0 bridgehead atoms. The highest BCUT2D eigenvalue weighted by molar-refractivity contribution is 6.03. The molecule has 0 fully saturated rings. The number of anilines is 1. The normalized spacial score (nSPS) is 10.6. The molecule has 0 saturated heterocycles. The Morgan fingerprint density at radius 3 is 2.48 bits per heavy atom. The number of aryl methyl sites for hydroxylation is 2. The van der Waals surface area contributed by atoms with Crippen molar-refractivity contribution in [3.8, 4) is 0 Å². The zero-order valence-corrected chi connectivity index (χ0v) is 15.3. The van der Waals surface area contributed by atoms with E-state index >= 15 is 0 Å². The third-order valence-corrected chi connectivity index (χ3v) is 4.23. The van der Waals surface area contributed by atoms with Gasteiger partial charge in [-0.15, -0.1) is 0 Å². The van der Waals surface area contributed by atoms with Crippen LogP contribution in [0.2, 0.25) is 0 Å². The quantitative estimate of drug-likeness (QED) is 0.551. The van der Waals surface area contributed by atoms with Crippen molar-refractivity contribution in [1.82, 2.24) is 14.8 Å². The molecule has 0 spiro atoms. The van der Waals surface area contributed by atoms with E-state index in [2.05, 4.69) is 15.4 Å². The van der Waals surface area contributed by atoms with E-state index in [-0.39, 0.29) is 11.6 Å². The van der Waals surface area contributed by atoms with Crippen molar-refractivity contribution < 1.29 is 9.72 Å². The van der Waals surface area contributed by atoms with Crippen LogP contribution in [0.25, 0.3) is 0 Å². The average Bonchev–Trinajstić information content (AvgIpc) is 2.89. The molecular formula is C19H19N5O3. The van der Waals surface area contributed by atoms with Crippen LogP contribution in [0.15, 0.2) is 42.6 Å². The zero-order valence-electron chi connectivity index (χ0n) is 15.3. The summed E-state index contributed by atoms with van der Waals surface area (Å²) >= 11 is 0. The highest BCUT2D eigenvalue weighted by Crippen LogP contribution is 2.22. The maximum atomic E-state index is 12.3. The van der Waals surface area contributed by atoms with E-state index in [1.807, 2.05) is 13.0 Å². The summed E-state index contributed by atoms with van der Waals surface area (Å²) in [7, 11) is 0. The van der Waals surface area contributed by atoms with Gasteiger partial charge in [0.05, 0.1) is 11.5 Å². The summed E-state index contributed by atoms with van der Waals surface area (Å²) in [5.74, 6) is 0.250. The number of nitro groups is 1. The maximum absolute atomic E-state index is 12.3. The minimum Gasteiger partial charge on any atom is -0.307 e. The third-order valence-electron chi connectivity index (χ3n) is 4.23. The Kier molecular flexibility index (Phi) is 4.98. The second-order valence-electron chi connectivity index (χ2n) is 6.30. The van der Waals surface area contributed by atoms with Crippen molar-refractivity contribution in [2.45, 2.75) is 27.3 Å². The fourth-order valence-electron chi connectivity index (χ4n) is 2.83. The van der Waals surface area contributed by atoms with E-state index < -0.39 is 4.92 Å². The van der Waals surface area contributed by atoms with Gasteiger partial charge in [-0.25, -0.2) is 4.98 Å². The highest BCUT2D eigenvalue weighted by atomic mass is 16.6. The Hall–Kier alpha value is -3.55. The lowest BCUT2D eigenvalue weighted by Gasteiger charge is -2.07. The molecule has 8 nitrogen and oxygen atoms in total. The molecule has 0 radical (unpaired) electrons. The number of amides is 1. The van der Waals surface area contributed by atoms with Crippen molar-refractivity contribution in [1.29, 1.82) is 0 Å². The van der Waals surface area contributed by atoms with E-state index in [4.69, 9.17) is 0 Å². The lowest BCUT2D eigenvalue weighted by molar-refractivity contribution is -0.386. The predicted octanol–water partition coefficient (Wildman–Crippen LogP) is 3.41. The van der Waals surface area contributed by atoms with Crippen molar-refractivity contribution in [3.05, 3.63) is 80.8 Å². The second-order valence-corrected chi connectivity index (χ2v) is 6.30. The average molecular weight is 365 g/mol. The van der Waals surface area contributed by atoms with Crippen LogP contribution in [0.5, 0.6) is 0 Å². The summed E-state index contributed by atoms with van der Waals surface area (Å²) < 4.78 is 1.60. The van der Waals surface area contributed by atoms with Crippen LogP contribution < -0.4 is 5.32 Å². The van der Waals surface area contributed by atoms with Crippen molar-refractivity contribution in [2.24, 2.45) is 0 Å². The minimum atomic E-state index is -0.416. The molecule has 0 saturated carbocycles. The Morgan fingerprint density at radius 1 is 1.19 bits per heavy atom. The molecule has 0 aliphatic carbocycles. The van der Waals surface area contributed by atoms with Gasteiger partial charge >= 0.3 is 5.69 Å². The van der Waals surface area contributed by atoms with Crippen molar-refractivity contribution in [3.63, 3.8) is 0 Å². The number of nitrogens with one attached hydrogen (secondary N) is 1. The minimum absolute atomic E-state index is 0.0386. The SMILES string of the molecule is Cc1ccnc(NC(=O)c2ccc(Cn3nc(C)c([N+](=O)[O-])c3C)cc2)c1. The molecule has 138 valence electrons. The van der Waals surface area contributed by atoms with Crippen LogP contribution in [0, 0.1) is 30.9 Å². The first-order valence-electron chi connectivity index (χ1n) is 8.36. The molecule has 3 aromatic rings. The van der Waals surface area contributed by atoms with Gasteiger partial charge in [0.2, 0.25) is 0 Å². The van der Waals surface area contributed by atoms with Gasteiger partial charge in [-0.1, -0.05) is 12.1 Å². The first-order chi connectivity index (χ1) is 12.8. The fraction of sp³-hybridized carbons (Fsp3) is 0.211. The molecule has 1 N–H and O–H groups in total. The van der Waals surface area contributed by atoms with Crippen LogP contribution in [0.3, 0.4) is 0 Å². The van der Waals surface area contributed by atoms with Crippen LogP contribution in [-0.4, -0.2) is 25.6 Å². The molecule has 2 aromatic heterocycles. The zero-order chi connectivity index (χ0) is 19.6. The van der Waals surface area contributed by atoms with Gasteiger partial charge in [0.15, 0.2) is 0 Å². The third kappa shape index (κ3) is 4.00. The molecule has 0 aliphatic heterocycles. The van der Waals surface area contributed by atoms with E-state index in [9.17, 15) is 14.9 Å². The molecule has 3 rings (SSSR count). The number of carbonyl (C=O) groups is 1. The van der Waals surface area contributed by atoms with Crippen molar-refractivity contribution in [2.75, 3.05) is 5.32 Å². The summed E-state index contributed by atoms with van der Waals surface area (Å²) in [5, 5.41) is 18.1. The summed E-state index contributed by atoms with van der Waals surface area (Å²) in [5.41, 5.74) is 3.33. The van der Waals surface area contributed by atoms with Crippen LogP contribution >= 0.6 is 0 Å². The number of hydrogen-bond acceptors (Lipinski definition) is 5. The summed E-state index contributed by atoms with van der Waals surface area (Å²) in [6.45, 7) is 5.61. The molecular weight excluding hydrogens is 346 g/mol. The van der Waals surface area contributed by atoms with Crippen molar-refractivity contribution >= 4 is 17.4 Å². The molecule has 8 heteroatoms. The Morgan fingerprint density at radius 2 is 1.89 bits per heavy atom.